The van der Waals surface area contributed by atoms with Crippen LogP contribution < -0.4 is 4.90 Å². The molecule has 0 N–H and O–H groups in total. The molecule has 2 heterocycles. The largest absolute Gasteiger partial charge is 0.379 e. The van der Waals surface area contributed by atoms with Gasteiger partial charge < -0.3 is 9.64 Å². The van der Waals surface area contributed by atoms with E-state index in [1.54, 1.807) is 6.07 Å². The van der Waals surface area contributed by atoms with Gasteiger partial charge in [0.15, 0.2) is 0 Å². The number of piperidine rings is 1. The van der Waals surface area contributed by atoms with Gasteiger partial charge in [-0.15, -0.1) is 0 Å². The molecule has 0 saturated carbocycles. The quantitative estimate of drug-likeness (QED) is 0.616. The normalized spacial score (nSPS) is 19.7. The van der Waals surface area contributed by atoms with Gasteiger partial charge in [0.2, 0.25) is 0 Å². The lowest BCUT2D eigenvalue weighted by Gasteiger charge is -2.29. The number of benzene rings is 1. The summed E-state index contributed by atoms with van der Waals surface area (Å²) in [4.78, 5) is 15.8. The second-order valence-corrected chi connectivity index (χ2v) is 6.33. The highest BCUT2D eigenvalue weighted by Gasteiger charge is 2.21. The van der Waals surface area contributed by atoms with Gasteiger partial charge in [0.1, 0.15) is 5.69 Å². The van der Waals surface area contributed by atoms with Crippen LogP contribution in [0, 0.1) is 10.1 Å². The summed E-state index contributed by atoms with van der Waals surface area (Å²) in [5.74, 6) is 0. The van der Waals surface area contributed by atoms with Crippen LogP contribution in [0.5, 0.6) is 0 Å². The van der Waals surface area contributed by atoms with E-state index < -0.39 is 0 Å². The number of rotatable bonds is 5. The molecule has 0 radical (unpaired) electrons. The molecule has 0 aromatic heterocycles. The van der Waals surface area contributed by atoms with E-state index in [1.807, 2.05) is 6.07 Å². The highest BCUT2D eigenvalue weighted by atomic mass is 16.6. The molecule has 23 heavy (non-hydrogen) atoms. The van der Waals surface area contributed by atoms with Gasteiger partial charge in [-0.05, 0) is 37.3 Å². The predicted octanol–water partition coefficient (Wildman–Crippen LogP) is 2.46. The van der Waals surface area contributed by atoms with Gasteiger partial charge in [0.05, 0.1) is 18.1 Å². The Morgan fingerprint density at radius 2 is 1.83 bits per heavy atom. The van der Waals surface area contributed by atoms with Crippen molar-refractivity contribution in [3.05, 3.63) is 33.9 Å². The summed E-state index contributed by atoms with van der Waals surface area (Å²) in [7, 11) is 0. The van der Waals surface area contributed by atoms with Gasteiger partial charge in [0, 0.05) is 38.8 Å². The van der Waals surface area contributed by atoms with Crippen LogP contribution in [0.15, 0.2) is 18.2 Å². The maximum absolute atomic E-state index is 11.5. The van der Waals surface area contributed by atoms with Crippen LogP contribution in [0.2, 0.25) is 0 Å². The first kappa shape index (κ1) is 16.2. The standard InChI is InChI=1S/C17H25N3O3/c21-20(22)17-14-15(6-9-18-10-12-23-13-11-18)4-5-16(17)19-7-2-1-3-8-19/h4-5,14H,1-3,6-13H2. The molecular weight excluding hydrogens is 294 g/mol. The van der Waals surface area contributed by atoms with Crippen LogP contribution in [0.3, 0.4) is 0 Å². The van der Waals surface area contributed by atoms with E-state index in [0.29, 0.717) is 0 Å². The van der Waals surface area contributed by atoms with Crippen molar-refractivity contribution in [2.45, 2.75) is 25.7 Å². The monoisotopic (exact) mass is 319 g/mol. The molecule has 6 heteroatoms. The summed E-state index contributed by atoms with van der Waals surface area (Å²) >= 11 is 0. The number of nitrogens with zero attached hydrogens (tertiary/aromatic N) is 3. The zero-order valence-corrected chi connectivity index (χ0v) is 13.6. The molecule has 0 unspecified atom stereocenters. The Kier molecular flexibility index (Phi) is 5.46. The molecule has 2 fully saturated rings. The number of anilines is 1. The number of ether oxygens (including phenoxy) is 1. The Bertz CT molecular complexity index is 538. The molecule has 3 rings (SSSR count). The second kappa shape index (κ2) is 7.75. The molecule has 2 aliphatic rings. The maximum atomic E-state index is 11.5. The summed E-state index contributed by atoms with van der Waals surface area (Å²) in [5.41, 5.74) is 2.08. The predicted molar refractivity (Wildman–Crippen MR) is 90.1 cm³/mol. The van der Waals surface area contributed by atoms with Crippen LogP contribution in [0.25, 0.3) is 0 Å². The van der Waals surface area contributed by atoms with Crippen LogP contribution in [-0.4, -0.2) is 55.8 Å². The minimum atomic E-state index is -0.234. The molecule has 0 atom stereocenters. The van der Waals surface area contributed by atoms with Crippen LogP contribution in [-0.2, 0) is 11.2 Å². The van der Waals surface area contributed by atoms with Gasteiger partial charge >= 0.3 is 0 Å². The lowest BCUT2D eigenvalue weighted by atomic mass is 10.1. The van der Waals surface area contributed by atoms with Crippen molar-refractivity contribution in [3.8, 4) is 0 Å². The fourth-order valence-corrected chi connectivity index (χ4v) is 3.38. The van der Waals surface area contributed by atoms with Crippen molar-refractivity contribution in [1.29, 1.82) is 0 Å². The van der Waals surface area contributed by atoms with Crippen molar-refractivity contribution in [2.75, 3.05) is 50.8 Å². The van der Waals surface area contributed by atoms with E-state index in [4.69, 9.17) is 4.74 Å². The Labute approximate surface area is 137 Å². The summed E-state index contributed by atoms with van der Waals surface area (Å²) in [6, 6.07) is 5.76. The van der Waals surface area contributed by atoms with E-state index in [2.05, 4.69) is 15.9 Å². The zero-order chi connectivity index (χ0) is 16.1. The van der Waals surface area contributed by atoms with Crippen LogP contribution in [0.4, 0.5) is 11.4 Å². The average Bonchev–Trinajstić information content (AvgIpc) is 2.61. The molecule has 0 amide bonds. The molecule has 2 aliphatic heterocycles. The summed E-state index contributed by atoms with van der Waals surface area (Å²) in [5, 5.41) is 11.5. The van der Waals surface area contributed by atoms with E-state index in [1.165, 1.54) is 6.42 Å². The molecule has 126 valence electrons. The number of morpholine rings is 1. The Hall–Kier alpha value is -1.66. The van der Waals surface area contributed by atoms with E-state index in [9.17, 15) is 10.1 Å². The highest BCUT2D eigenvalue weighted by molar-refractivity contribution is 5.64. The molecule has 0 bridgehead atoms. The first-order valence-corrected chi connectivity index (χ1v) is 8.56. The SMILES string of the molecule is O=[N+]([O-])c1cc(CCN2CCOCC2)ccc1N1CCCCC1. The fourth-order valence-electron chi connectivity index (χ4n) is 3.38. The topological polar surface area (TPSA) is 58.9 Å². The van der Waals surface area contributed by atoms with Crippen LogP contribution >= 0.6 is 0 Å². The molecule has 0 aliphatic carbocycles. The zero-order valence-electron chi connectivity index (χ0n) is 13.6. The van der Waals surface area contributed by atoms with Crippen molar-refractivity contribution in [1.82, 2.24) is 4.90 Å². The maximum Gasteiger partial charge on any atom is 0.292 e. The van der Waals surface area contributed by atoms with Crippen LogP contribution in [0.1, 0.15) is 24.8 Å². The first-order valence-electron chi connectivity index (χ1n) is 8.56. The van der Waals surface area contributed by atoms with Crippen molar-refractivity contribution in [2.24, 2.45) is 0 Å². The van der Waals surface area contributed by atoms with Crippen molar-refractivity contribution >= 4 is 11.4 Å². The highest BCUT2D eigenvalue weighted by Crippen LogP contribution is 2.31. The molecule has 6 nitrogen and oxygen atoms in total. The fraction of sp³-hybridized carbons (Fsp3) is 0.647. The van der Waals surface area contributed by atoms with Gasteiger partial charge in [-0.25, -0.2) is 0 Å². The summed E-state index contributed by atoms with van der Waals surface area (Å²) in [6.07, 6.45) is 4.31. The molecule has 0 spiro atoms. The van der Waals surface area contributed by atoms with E-state index in [-0.39, 0.29) is 10.6 Å². The summed E-state index contributed by atoms with van der Waals surface area (Å²) in [6.45, 7) is 6.26. The number of hydrogen-bond donors (Lipinski definition) is 0. The van der Waals surface area contributed by atoms with E-state index in [0.717, 1.165) is 76.5 Å². The van der Waals surface area contributed by atoms with Gasteiger partial charge in [0.25, 0.3) is 5.69 Å². The Morgan fingerprint density at radius 1 is 1.09 bits per heavy atom. The first-order chi connectivity index (χ1) is 11.2. The average molecular weight is 319 g/mol. The molecule has 2 saturated heterocycles. The number of nitro benzene ring substituents is 1. The Morgan fingerprint density at radius 3 is 2.52 bits per heavy atom. The third kappa shape index (κ3) is 4.20. The van der Waals surface area contributed by atoms with Gasteiger partial charge in [-0.2, -0.15) is 0 Å². The molecule has 1 aromatic carbocycles. The lowest BCUT2D eigenvalue weighted by molar-refractivity contribution is -0.384. The number of hydrogen-bond acceptors (Lipinski definition) is 5. The van der Waals surface area contributed by atoms with Gasteiger partial charge in [-0.3, -0.25) is 15.0 Å². The third-order valence-electron chi connectivity index (χ3n) is 4.75. The number of nitro groups is 1. The van der Waals surface area contributed by atoms with Crippen molar-refractivity contribution < 1.29 is 9.66 Å². The minimum Gasteiger partial charge on any atom is -0.379 e. The molecule has 1 aromatic rings. The Balaban J connectivity index is 1.69. The second-order valence-electron chi connectivity index (χ2n) is 6.33. The lowest BCUT2D eigenvalue weighted by Crippen LogP contribution is -2.37. The minimum absolute atomic E-state index is 0.234. The van der Waals surface area contributed by atoms with Crippen molar-refractivity contribution in [3.63, 3.8) is 0 Å². The third-order valence-corrected chi connectivity index (χ3v) is 4.75. The van der Waals surface area contributed by atoms with E-state index >= 15 is 0 Å². The summed E-state index contributed by atoms with van der Waals surface area (Å²) < 4.78 is 5.35. The van der Waals surface area contributed by atoms with Gasteiger partial charge in [-0.1, -0.05) is 6.07 Å². The smallest absolute Gasteiger partial charge is 0.292 e. The molecular formula is C17H25N3O3.